The van der Waals surface area contributed by atoms with Gasteiger partial charge in [0.15, 0.2) is 12.4 Å². The quantitative estimate of drug-likeness (QED) is 0.0257. The van der Waals surface area contributed by atoms with Crippen LogP contribution >= 0.6 is 0 Å². The molecule has 4 N–H and O–H groups in total. The summed E-state index contributed by atoms with van der Waals surface area (Å²) in [4.78, 5) is 25.6. The fourth-order valence-corrected chi connectivity index (χ4v) is 10.1. The first-order chi connectivity index (χ1) is 33.5. The first-order valence-electron chi connectivity index (χ1n) is 29.1. The molecule has 410 valence electrons. The van der Waals surface area contributed by atoms with Crippen molar-refractivity contribution >= 4 is 22.1 Å². The lowest BCUT2D eigenvalue weighted by Gasteiger charge is -2.40. The molecule has 0 radical (unpaired) electrons. The largest absolute Gasteiger partial charge is 0.462 e. The molecule has 0 aliphatic carbocycles. The summed E-state index contributed by atoms with van der Waals surface area (Å²) in [5, 5.41) is 31.1. The molecule has 13 heteroatoms. The molecule has 0 aromatic rings. The van der Waals surface area contributed by atoms with Crippen LogP contribution in [0.15, 0.2) is 0 Å². The van der Waals surface area contributed by atoms with E-state index >= 15 is 0 Å². The molecule has 6 atom stereocenters. The molecule has 1 fully saturated rings. The third-order valence-electron chi connectivity index (χ3n) is 13.9. The van der Waals surface area contributed by atoms with Crippen molar-refractivity contribution in [2.45, 2.75) is 327 Å². The minimum Gasteiger partial charge on any atom is -0.462 e. The van der Waals surface area contributed by atoms with Gasteiger partial charge in [0.05, 0.1) is 6.61 Å². The van der Waals surface area contributed by atoms with E-state index in [0.717, 1.165) is 38.5 Å². The lowest BCUT2D eigenvalue weighted by atomic mass is 10.00. The molecule has 0 aromatic carbocycles. The highest BCUT2D eigenvalue weighted by Gasteiger charge is 2.46. The van der Waals surface area contributed by atoms with E-state index in [2.05, 4.69) is 13.8 Å². The van der Waals surface area contributed by atoms with Crippen LogP contribution < -0.4 is 0 Å². The molecule has 1 heterocycles. The predicted molar refractivity (Wildman–Crippen MR) is 280 cm³/mol. The van der Waals surface area contributed by atoms with Crippen LogP contribution in [0.25, 0.3) is 0 Å². The zero-order chi connectivity index (χ0) is 50.5. The summed E-state index contributed by atoms with van der Waals surface area (Å²) in [6.45, 7) is 3.84. The zero-order valence-electron chi connectivity index (χ0n) is 44.5. The second-order valence-electron chi connectivity index (χ2n) is 20.7. The maximum absolute atomic E-state index is 12.9. The predicted octanol–water partition coefficient (Wildman–Crippen LogP) is 14.0. The van der Waals surface area contributed by atoms with Gasteiger partial charge in [-0.1, -0.05) is 264 Å². The Labute approximate surface area is 423 Å². The molecule has 0 aromatic heterocycles. The highest BCUT2D eigenvalue weighted by atomic mass is 32.2. The SMILES string of the molecule is CCCCCCCCCCCCCCCCCCCCCCCCCC(=O)OC(COC(=O)CCCCCCCCCCCCCCCCCCCC)COC1OC(CS(=O)(=O)O)C(O)C(O)C1O. The van der Waals surface area contributed by atoms with Gasteiger partial charge >= 0.3 is 11.9 Å². The number of aliphatic hydroxyl groups is 3. The minimum atomic E-state index is -4.60. The number of hydrogen-bond donors (Lipinski definition) is 4. The molecule has 69 heavy (non-hydrogen) atoms. The highest BCUT2D eigenvalue weighted by molar-refractivity contribution is 7.85. The van der Waals surface area contributed by atoms with E-state index in [1.54, 1.807) is 0 Å². The van der Waals surface area contributed by atoms with Gasteiger partial charge in [0.2, 0.25) is 0 Å². The lowest BCUT2D eigenvalue weighted by molar-refractivity contribution is -0.297. The minimum absolute atomic E-state index is 0.173. The molecule has 6 unspecified atom stereocenters. The van der Waals surface area contributed by atoms with Crippen LogP contribution in [0.5, 0.6) is 0 Å². The van der Waals surface area contributed by atoms with E-state index in [-0.39, 0.29) is 19.4 Å². The Morgan fingerprint density at radius 1 is 0.435 bits per heavy atom. The molecule has 1 saturated heterocycles. The number of carbonyl (C=O) groups excluding carboxylic acids is 2. The fraction of sp³-hybridized carbons (Fsp3) is 0.964. The van der Waals surface area contributed by atoms with Crippen molar-refractivity contribution in [3.63, 3.8) is 0 Å². The van der Waals surface area contributed by atoms with E-state index in [1.165, 1.54) is 212 Å². The molecule has 0 saturated carbocycles. The first-order valence-corrected chi connectivity index (χ1v) is 30.7. The zero-order valence-corrected chi connectivity index (χ0v) is 45.3. The second-order valence-corrected chi connectivity index (χ2v) is 22.2. The van der Waals surface area contributed by atoms with Crippen LogP contribution in [-0.4, -0.2) is 96.0 Å². The summed E-state index contributed by atoms with van der Waals surface area (Å²) >= 11 is 0. The van der Waals surface area contributed by atoms with E-state index in [4.69, 9.17) is 18.9 Å². The normalized spacial score (nSPS) is 19.0. The Kier molecular flexibility index (Phi) is 44.2. The van der Waals surface area contributed by atoms with Gasteiger partial charge < -0.3 is 34.3 Å². The molecular formula is C56H108O12S. The summed E-state index contributed by atoms with van der Waals surface area (Å²) in [7, 11) is -4.60. The second kappa shape index (κ2) is 46.4. The topological polar surface area (TPSA) is 186 Å². The van der Waals surface area contributed by atoms with Gasteiger partial charge in [-0.25, -0.2) is 0 Å². The van der Waals surface area contributed by atoms with Crippen molar-refractivity contribution in [2.75, 3.05) is 19.0 Å². The lowest BCUT2D eigenvalue weighted by Crippen LogP contribution is -2.60. The van der Waals surface area contributed by atoms with Gasteiger partial charge in [-0.05, 0) is 12.8 Å². The van der Waals surface area contributed by atoms with Crippen LogP contribution in [0, 0.1) is 0 Å². The smallest absolute Gasteiger partial charge is 0.306 e. The summed E-state index contributed by atoms with van der Waals surface area (Å²) in [5.74, 6) is -1.95. The van der Waals surface area contributed by atoms with Gasteiger partial charge in [0.25, 0.3) is 10.1 Å². The molecular weight excluding hydrogens is 897 g/mol. The Bertz CT molecular complexity index is 1270. The molecule has 1 aliphatic rings. The number of aliphatic hydroxyl groups excluding tert-OH is 3. The third kappa shape index (κ3) is 40.8. The van der Waals surface area contributed by atoms with Gasteiger partial charge in [-0.15, -0.1) is 0 Å². The van der Waals surface area contributed by atoms with E-state index in [9.17, 15) is 37.9 Å². The van der Waals surface area contributed by atoms with Crippen molar-refractivity contribution in [3.8, 4) is 0 Å². The molecule has 12 nitrogen and oxygen atoms in total. The molecule has 1 aliphatic heterocycles. The maximum Gasteiger partial charge on any atom is 0.306 e. The summed E-state index contributed by atoms with van der Waals surface area (Å²) in [5.41, 5.74) is 0. The van der Waals surface area contributed by atoms with Gasteiger partial charge in [0, 0.05) is 12.8 Å². The van der Waals surface area contributed by atoms with Crippen LogP contribution in [0.4, 0.5) is 0 Å². The van der Waals surface area contributed by atoms with Crippen molar-refractivity contribution in [1.82, 2.24) is 0 Å². The van der Waals surface area contributed by atoms with Crippen LogP contribution in [0.1, 0.15) is 290 Å². The Morgan fingerprint density at radius 3 is 1.06 bits per heavy atom. The third-order valence-corrected chi connectivity index (χ3v) is 14.7. The van der Waals surface area contributed by atoms with Gasteiger partial charge in [-0.2, -0.15) is 8.42 Å². The number of hydrogen-bond acceptors (Lipinski definition) is 11. The number of rotatable bonds is 51. The van der Waals surface area contributed by atoms with Crippen LogP contribution in [0.2, 0.25) is 0 Å². The summed E-state index contributed by atoms with van der Waals surface area (Å²) in [6.07, 6.45) is 42.9. The first kappa shape index (κ1) is 65.7. The van der Waals surface area contributed by atoms with Crippen molar-refractivity contribution in [3.05, 3.63) is 0 Å². The summed E-state index contributed by atoms with van der Waals surface area (Å²) < 4.78 is 54.4. The molecule has 0 spiro atoms. The Hall–Kier alpha value is -1.35. The van der Waals surface area contributed by atoms with Gasteiger partial charge in [-0.3, -0.25) is 14.1 Å². The fourth-order valence-electron chi connectivity index (χ4n) is 9.45. The molecule has 1 rings (SSSR count). The van der Waals surface area contributed by atoms with Crippen molar-refractivity contribution in [2.24, 2.45) is 0 Å². The van der Waals surface area contributed by atoms with Crippen LogP contribution in [0.3, 0.4) is 0 Å². The average Bonchev–Trinajstić information content (AvgIpc) is 3.32. The van der Waals surface area contributed by atoms with Gasteiger partial charge in [0.1, 0.15) is 36.8 Å². The maximum atomic E-state index is 12.9. The monoisotopic (exact) mass is 1000 g/mol. The van der Waals surface area contributed by atoms with E-state index in [0.29, 0.717) is 12.8 Å². The van der Waals surface area contributed by atoms with Crippen molar-refractivity contribution in [1.29, 1.82) is 0 Å². The number of unbranched alkanes of at least 4 members (excludes halogenated alkanes) is 39. The standard InChI is InChI=1S/C56H108O12S/c1-3-5-7-9-11-13-15-17-19-21-23-24-25-26-27-29-31-33-35-37-39-41-43-45-52(58)67-49(47-66-56-55(61)54(60)53(59)50(68-56)48-69(62,63)64)46-65-51(57)44-42-40-38-36-34-32-30-28-22-20-18-16-14-12-10-8-6-4-2/h49-50,53-56,59-61H,3-48H2,1-2H3,(H,62,63,64). The Balaban J connectivity index is 2.28. The van der Waals surface area contributed by atoms with Crippen molar-refractivity contribution < 1.29 is 56.8 Å². The number of ether oxygens (including phenoxy) is 4. The van der Waals surface area contributed by atoms with Crippen LogP contribution in [-0.2, 0) is 38.7 Å². The van der Waals surface area contributed by atoms with E-state index < -0.39 is 71.2 Å². The molecule has 0 amide bonds. The Morgan fingerprint density at radius 2 is 0.739 bits per heavy atom. The van der Waals surface area contributed by atoms with E-state index in [1.807, 2.05) is 0 Å². The average molecular weight is 1010 g/mol. The summed E-state index contributed by atoms with van der Waals surface area (Å²) in [6, 6.07) is 0. The molecule has 0 bridgehead atoms. The highest BCUT2D eigenvalue weighted by Crippen LogP contribution is 2.24. The number of carbonyl (C=O) groups is 2. The number of esters is 2.